The zero-order chi connectivity index (χ0) is 18.2. The van der Waals surface area contributed by atoms with Gasteiger partial charge >= 0.3 is 0 Å². The van der Waals surface area contributed by atoms with Gasteiger partial charge in [0.15, 0.2) is 0 Å². The van der Waals surface area contributed by atoms with E-state index in [0.29, 0.717) is 13.0 Å². The van der Waals surface area contributed by atoms with E-state index in [4.69, 9.17) is 0 Å². The Labute approximate surface area is 157 Å². The van der Waals surface area contributed by atoms with Gasteiger partial charge in [0.25, 0.3) is 0 Å². The minimum Gasteiger partial charge on any atom is -0.355 e. The third-order valence-corrected chi connectivity index (χ3v) is 5.23. The van der Waals surface area contributed by atoms with Gasteiger partial charge in [0.05, 0.1) is 0 Å². The second-order valence-corrected chi connectivity index (χ2v) is 7.07. The van der Waals surface area contributed by atoms with Crippen LogP contribution < -0.4 is 5.32 Å². The first-order valence-corrected chi connectivity index (χ1v) is 9.39. The van der Waals surface area contributed by atoms with Crippen molar-refractivity contribution in [3.63, 3.8) is 0 Å². The molecule has 0 fully saturated rings. The summed E-state index contributed by atoms with van der Waals surface area (Å²) in [6.45, 7) is 0.517. The second kappa shape index (κ2) is 9.20. The van der Waals surface area contributed by atoms with Gasteiger partial charge in [-0.2, -0.15) is 0 Å². The van der Waals surface area contributed by atoms with Crippen LogP contribution in [0.2, 0.25) is 0 Å². The highest BCUT2D eigenvalue weighted by Crippen LogP contribution is 2.35. The SMILES string of the molecule is O=C(NCCc1ccc(F)cc1)[C@@H](Sc1ccccc1)c1ccccc1. The molecule has 0 aromatic heterocycles. The topological polar surface area (TPSA) is 29.1 Å². The molecule has 0 unspecified atom stereocenters. The lowest BCUT2D eigenvalue weighted by molar-refractivity contribution is -0.120. The van der Waals surface area contributed by atoms with E-state index >= 15 is 0 Å². The number of amides is 1. The maximum Gasteiger partial charge on any atom is 0.238 e. The first-order valence-electron chi connectivity index (χ1n) is 8.51. The number of carbonyl (C=O) groups is 1. The molecule has 0 saturated heterocycles. The first kappa shape index (κ1) is 18.2. The van der Waals surface area contributed by atoms with Crippen molar-refractivity contribution in [3.05, 3.63) is 102 Å². The lowest BCUT2D eigenvalue weighted by Gasteiger charge is -2.17. The first-order chi connectivity index (χ1) is 12.7. The number of thioether (sulfide) groups is 1. The fourth-order valence-corrected chi connectivity index (χ4v) is 3.68. The monoisotopic (exact) mass is 365 g/mol. The van der Waals surface area contributed by atoms with Gasteiger partial charge in [-0.05, 0) is 41.8 Å². The van der Waals surface area contributed by atoms with Crippen LogP contribution in [0.4, 0.5) is 4.39 Å². The molecule has 132 valence electrons. The zero-order valence-corrected chi connectivity index (χ0v) is 15.1. The van der Waals surface area contributed by atoms with Crippen molar-refractivity contribution in [2.45, 2.75) is 16.6 Å². The molecule has 2 nitrogen and oxygen atoms in total. The molecule has 3 aromatic carbocycles. The number of hydrogen-bond acceptors (Lipinski definition) is 2. The number of nitrogens with one attached hydrogen (secondary N) is 1. The molecule has 3 aromatic rings. The van der Waals surface area contributed by atoms with Crippen molar-refractivity contribution in [3.8, 4) is 0 Å². The normalized spacial score (nSPS) is 11.7. The Hall–Kier alpha value is -2.59. The number of benzene rings is 3. The average Bonchev–Trinajstić information content (AvgIpc) is 2.69. The van der Waals surface area contributed by atoms with Crippen molar-refractivity contribution >= 4 is 17.7 Å². The van der Waals surface area contributed by atoms with Gasteiger partial charge in [0.2, 0.25) is 5.91 Å². The standard InChI is InChI=1S/C22H20FNOS/c23-19-13-11-17(12-14-19)15-16-24-22(25)21(18-7-3-1-4-8-18)26-20-9-5-2-6-10-20/h1-14,21H,15-16H2,(H,24,25)/t21-/m0/s1. The van der Waals surface area contributed by atoms with E-state index < -0.39 is 0 Å². The van der Waals surface area contributed by atoms with Crippen molar-refractivity contribution in [1.82, 2.24) is 5.32 Å². The van der Waals surface area contributed by atoms with Crippen molar-refractivity contribution in [2.24, 2.45) is 0 Å². The summed E-state index contributed by atoms with van der Waals surface area (Å²) >= 11 is 1.54. The van der Waals surface area contributed by atoms with Crippen LogP contribution in [0.3, 0.4) is 0 Å². The number of halogens is 1. The van der Waals surface area contributed by atoms with Gasteiger partial charge in [-0.25, -0.2) is 4.39 Å². The summed E-state index contributed by atoms with van der Waals surface area (Å²) in [7, 11) is 0. The minimum absolute atomic E-state index is 0.0211. The molecule has 0 bridgehead atoms. The van der Waals surface area contributed by atoms with E-state index in [1.54, 1.807) is 12.1 Å². The van der Waals surface area contributed by atoms with Crippen LogP contribution >= 0.6 is 11.8 Å². The smallest absolute Gasteiger partial charge is 0.238 e. The van der Waals surface area contributed by atoms with E-state index in [1.165, 1.54) is 23.9 Å². The minimum atomic E-state index is -0.313. The van der Waals surface area contributed by atoms with Crippen molar-refractivity contribution < 1.29 is 9.18 Å². The quantitative estimate of drug-likeness (QED) is 0.596. The average molecular weight is 365 g/mol. The van der Waals surface area contributed by atoms with Crippen LogP contribution in [0.5, 0.6) is 0 Å². The maximum absolute atomic E-state index is 13.0. The summed E-state index contributed by atoms with van der Waals surface area (Å²) in [5.74, 6) is -0.270. The molecule has 26 heavy (non-hydrogen) atoms. The van der Waals surface area contributed by atoms with Crippen LogP contribution in [0, 0.1) is 5.82 Å². The van der Waals surface area contributed by atoms with Gasteiger partial charge in [-0.15, -0.1) is 11.8 Å². The van der Waals surface area contributed by atoms with Gasteiger partial charge in [0, 0.05) is 11.4 Å². The van der Waals surface area contributed by atoms with Gasteiger partial charge in [-0.1, -0.05) is 60.7 Å². The molecule has 0 radical (unpaired) electrons. The van der Waals surface area contributed by atoms with E-state index in [9.17, 15) is 9.18 Å². The van der Waals surface area contributed by atoms with Gasteiger partial charge in [-0.3, -0.25) is 4.79 Å². The van der Waals surface area contributed by atoms with E-state index in [0.717, 1.165) is 16.0 Å². The lowest BCUT2D eigenvalue weighted by atomic mass is 10.1. The maximum atomic E-state index is 13.0. The Morgan fingerprint density at radius 3 is 2.15 bits per heavy atom. The molecule has 0 heterocycles. The summed E-state index contributed by atoms with van der Waals surface area (Å²) in [5, 5.41) is 2.70. The Kier molecular flexibility index (Phi) is 6.45. The van der Waals surface area contributed by atoms with Gasteiger partial charge < -0.3 is 5.32 Å². The summed E-state index contributed by atoms with van der Waals surface area (Å²) in [6.07, 6.45) is 0.670. The molecule has 1 amide bonds. The Morgan fingerprint density at radius 2 is 1.50 bits per heavy atom. The molecule has 0 spiro atoms. The lowest BCUT2D eigenvalue weighted by Crippen LogP contribution is -2.29. The van der Waals surface area contributed by atoms with Gasteiger partial charge in [0.1, 0.15) is 11.1 Å². The molecule has 0 aliphatic carbocycles. The summed E-state index contributed by atoms with van der Waals surface area (Å²) in [6, 6.07) is 26.1. The van der Waals surface area contributed by atoms with E-state index in [1.807, 2.05) is 60.7 Å². The highest BCUT2D eigenvalue weighted by molar-refractivity contribution is 8.00. The van der Waals surface area contributed by atoms with Crippen LogP contribution in [-0.4, -0.2) is 12.5 Å². The molecule has 3 rings (SSSR count). The molecule has 0 aliphatic rings. The molecule has 4 heteroatoms. The molecular formula is C22H20FNOS. The number of rotatable bonds is 7. The van der Waals surface area contributed by atoms with Crippen molar-refractivity contribution in [1.29, 1.82) is 0 Å². The summed E-state index contributed by atoms with van der Waals surface area (Å²) in [4.78, 5) is 13.9. The Morgan fingerprint density at radius 1 is 0.885 bits per heavy atom. The molecule has 0 aliphatic heterocycles. The molecule has 1 atom stereocenters. The van der Waals surface area contributed by atoms with Crippen LogP contribution in [0.15, 0.2) is 89.8 Å². The fourth-order valence-electron chi connectivity index (χ4n) is 2.61. The zero-order valence-electron chi connectivity index (χ0n) is 14.3. The molecular weight excluding hydrogens is 345 g/mol. The number of hydrogen-bond donors (Lipinski definition) is 1. The molecule has 0 saturated carbocycles. The van der Waals surface area contributed by atoms with E-state index in [2.05, 4.69) is 5.32 Å². The highest BCUT2D eigenvalue weighted by atomic mass is 32.2. The Balaban J connectivity index is 1.65. The largest absolute Gasteiger partial charge is 0.355 e. The Bertz CT molecular complexity index is 822. The summed E-state index contributed by atoms with van der Waals surface area (Å²) < 4.78 is 13.0. The van der Waals surface area contributed by atoms with Crippen LogP contribution in [-0.2, 0) is 11.2 Å². The van der Waals surface area contributed by atoms with Crippen LogP contribution in [0.1, 0.15) is 16.4 Å². The predicted octanol–water partition coefficient (Wildman–Crippen LogP) is 5.02. The second-order valence-electron chi connectivity index (χ2n) is 5.89. The summed E-state index contributed by atoms with van der Waals surface area (Å²) in [5.41, 5.74) is 1.97. The third kappa shape index (κ3) is 5.20. The third-order valence-electron chi connectivity index (χ3n) is 3.96. The fraction of sp³-hybridized carbons (Fsp3) is 0.136. The highest BCUT2D eigenvalue weighted by Gasteiger charge is 2.21. The van der Waals surface area contributed by atoms with Crippen LogP contribution in [0.25, 0.3) is 0 Å². The number of carbonyl (C=O) groups excluding carboxylic acids is 1. The molecule has 1 N–H and O–H groups in total. The predicted molar refractivity (Wildman–Crippen MR) is 105 cm³/mol. The van der Waals surface area contributed by atoms with Crippen molar-refractivity contribution in [2.75, 3.05) is 6.54 Å². The van der Waals surface area contributed by atoms with E-state index in [-0.39, 0.29) is 17.0 Å².